The maximum atomic E-state index is 11.5. The van der Waals surface area contributed by atoms with Crippen LogP contribution in [0.1, 0.15) is 27.2 Å². The molecule has 3 aromatic rings. The molecule has 0 radical (unpaired) electrons. The van der Waals surface area contributed by atoms with E-state index in [0.29, 0.717) is 5.56 Å². The molecule has 0 aliphatic carbocycles. The summed E-state index contributed by atoms with van der Waals surface area (Å²) in [6, 6.07) is 15.9. The van der Waals surface area contributed by atoms with Crippen LogP contribution >= 0.6 is 0 Å². The third-order valence-electron chi connectivity index (χ3n) is 5.11. The molecule has 2 heterocycles. The Balaban J connectivity index is 1.73. The predicted molar refractivity (Wildman–Crippen MR) is 101 cm³/mol. The SMILES string of the molecule is C=CN1CCc2c(c3ccccc3n2Cc2ccc(C(=O)NO)cc2)C1. The minimum absolute atomic E-state index is 0.442. The van der Waals surface area contributed by atoms with Gasteiger partial charge in [-0.3, -0.25) is 10.0 Å². The molecule has 4 rings (SSSR count). The number of aromatic nitrogens is 1. The molecule has 2 N–H and O–H groups in total. The molecule has 1 aliphatic rings. The number of hydrogen-bond donors (Lipinski definition) is 2. The van der Waals surface area contributed by atoms with E-state index in [1.165, 1.54) is 22.2 Å². The zero-order valence-electron chi connectivity index (χ0n) is 14.5. The number of hydroxylamine groups is 1. The molecule has 0 saturated heterocycles. The molecule has 2 aromatic carbocycles. The fraction of sp³-hybridized carbons (Fsp3) is 0.190. The normalized spacial score (nSPS) is 13.5. The third-order valence-corrected chi connectivity index (χ3v) is 5.11. The number of rotatable bonds is 4. The van der Waals surface area contributed by atoms with Gasteiger partial charge >= 0.3 is 0 Å². The molecule has 1 amide bonds. The molecule has 0 atom stereocenters. The molecule has 5 nitrogen and oxygen atoms in total. The summed E-state index contributed by atoms with van der Waals surface area (Å²) in [7, 11) is 0. The fourth-order valence-electron chi connectivity index (χ4n) is 3.77. The van der Waals surface area contributed by atoms with Crippen LogP contribution in [0.3, 0.4) is 0 Å². The molecular weight excluding hydrogens is 326 g/mol. The molecule has 1 aliphatic heterocycles. The van der Waals surface area contributed by atoms with Gasteiger partial charge in [0.05, 0.1) is 0 Å². The first kappa shape index (κ1) is 16.4. The second-order valence-electron chi connectivity index (χ2n) is 6.57. The second kappa shape index (κ2) is 6.69. The van der Waals surface area contributed by atoms with E-state index in [1.54, 1.807) is 17.6 Å². The highest BCUT2D eigenvalue weighted by Gasteiger charge is 2.22. The largest absolute Gasteiger partial charge is 0.373 e. The van der Waals surface area contributed by atoms with Crippen LogP contribution in [0.25, 0.3) is 10.9 Å². The minimum Gasteiger partial charge on any atom is -0.373 e. The topological polar surface area (TPSA) is 57.5 Å². The van der Waals surface area contributed by atoms with Gasteiger partial charge in [-0.2, -0.15) is 0 Å². The van der Waals surface area contributed by atoms with E-state index in [-0.39, 0.29) is 0 Å². The van der Waals surface area contributed by atoms with Crippen molar-refractivity contribution in [1.82, 2.24) is 14.9 Å². The number of nitrogens with one attached hydrogen (secondary N) is 1. The summed E-state index contributed by atoms with van der Waals surface area (Å²) < 4.78 is 2.38. The Labute approximate surface area is 152 Å². The lowest BCUT2D eigenvalue weighted by atomic mass is 10.0. The van der Waals surface area contributed by atoms with Crippen molar-refractivity contribution in [2.45, 2.75) is 19.5 Å². The lowest BCUT2D eigenvalue weighted by molar-refractivity contribution is 0.0706. The van der Waals surface area contributed by atoms with Gasteiger partial charge in [-0.1, -0.05) is 36.9 Å². The quantitative estimate of drug-likeness (QED) is 0.562. The number of fused-ring (bicyclic) bond motifs is 3. The zero-order chi connectivity index (χ0) is 18.1. The molecule has 0 saturated carbocycles. The third kappa shape index (κ3) is 2.76. The number of hydrogen-bond acceptors (Lipinski definition) is 3. The van der Waals surface area contributed by atoms with E-state index in [9.17, 15) is 4.79 Å². The van der Waals surface area contributed by atoms with Crippen LogP contribution in [-0.2, 0) is 19.5 Å². The van der Waals surface area contributed by atoms with E-state index in [0.717, 1.165) is 31.6 Å². The highest BCUT2D eigenvalue weighted by atomic mass is 16.5. The Morgan fingerprint density at radius 1 is 1.19 bits per heavy atom. The zero-order valence-corrected chi connectivity index (χ0v) is 14.5. The van der Waals surface area contributed by atoms with E-state index >= 15 is 0 Å². The monoisotopic (exact) mass is 347 g/mol. The van der Waals surface area contributed by atoms with Gasteiger partial charge < -0.3 is 9.47 Å². The van der Waals surface area contributed by atoms with Crippen LogP contribution < -0.4 is 5.48 Å². The van der Waals surface area contributed by atoms with E-state index in [2.05, 4.69) is 40.3 Å². The maximum absolute atomic E-state index is 11.5. The molecular formula is C21H21N3O2. The maximum Gasteiger partial charge on any atom is 0.274 e. The van der Waals surface area contributed by atoms with Gasteiger partial charge in [-0.05, 0) is 30.0 Å². The van der Waals surface area contributed by atoms with Gasteiger partial charge in [0.2, 0.25) is 0 Å². The van der Waals surface area contributed by atoms with Gasteiger partial charge in [-0.25, -0.2) is 5.48 Å². The van der Waals surface area contributed by atoms with Crippen LogP contribution in [0.4, 0.5) is 0 Å². The molecule has 5 heteroatoms. The lowest BCUT2D eigenvalue weighted by Gasteiger charge is -2.26. The van der Waals surface area contributed by atoms with Gasteiger partial charge in [-0.15, -0.1) is 0 Å². The highest BCUT2D eigenvalue weighted by Crippen LogP contribution is 2.31. The van der Waals surface area contributed by atoms with Crippen LogP contribution in [-0.4, -0.2) is 27.1 Å². The number of nitrogens with zero attached hydrogens (tertiary/aromatic N) is 2. The van der Waals surface area contributed by atoms with Crippen molar-refractivity contribution >= 4 is 16.8 Å². The van der Waals surface area contributed by atoms with Gasteiger partial charge in [0.1, 0.15) is 0 Å². The Morgan fingerprint density at radius 3 is 2.69 bits per heavy atom. The second-order valence-corrected chi connectivity index (χ2v) is 6.57. The van der Waals surface area contributed by atoms with Crippen LogP contribution in [0.15, 0.2) is 61.3 Å². The van der Waals surface area contributed by atoms with Crippen molar-refractivity contribution in [1.29, 1.82) is 0 Å². The molecule has 0 unspecified atom stereocenters. The van der Waals surface area contributed by atoms with Crippen molar-refractivity contribution in [3.05, 3.63) is 83.7 Å². The predicted octanol–water partition coefficient (Wildman–Crippen LogP) is 3.31. The van der Waals surface area contributed by atoms with Gasteiger partial charge in [0.15, 0.2) is 0 Å². The summed E-state index contributed by atoms with van der Waals surface area (Å²) >= 11 is 0. The van der Waals surface area contributed by atoms with Crippen molar-refractivity contribution in [2.24, 2.45) is 0 Å². The molecule has 0 spiro atoms. The molecule has 132 valence electrons. The minimum atomic E-state index is -0.496. The van der Waals surface area contributed by atoms with Crippen molar-refractivity contribution < 1.29 is 10.0 Å². The van der Waals surface area contributed by atoms with Crippen molar-refractivity contribution in [3.8, 4) is 0 Å². The first-order valence-electron chi connectivity index (χ1n) is 8.70. The highest BCUT2D eigenvalue weighted by molar-refractivity contribution is 5.93. The van der Waals surface area contributed by atoms with E-state index < -0.39 is 5.91 Å². The van der Waals surface area contributed by atoms with Crippen LogP contribution in [0, 0.1) is 0 Å². The van der Waals surface area contributed by atoms with E-state index in [1.807, 2.05) is 18.3 Å². The number of para-hydroxylation sites is 1. The van der Waals surface area contributed by atoms with Crippen LogP contribution in [0.5, 0.6) is 0 Å². The molecule has 26 heavy (non-hydrogen) atoms. The summed E-state index contributed by atoms with van der Waals surface area (Å²) in [5, 5.41) is 10.0. The summed E-state index contributed by atoms with van der Waals surface area (Å²) in [5.74, 6) is -0.496. The number of carbonyl (C=O) groups excluding carboxylic acids is 1. The Bertz CT molecular complexity index is 973. The van der Waals surface area contributed by atoms with E-state index in [4.69, 9.17) is 5.21 Å². The number of amides is 1. The van der Waals surface area contributed by atoms with Crippen molar-refractivity contribution in [2.75, 3.05) is 6.54 Å². The van der Waals surface area contributed by atoms with Gasteiger partial charge in [0.25, 0.3) is 5.91 Å². The Kier molecular flexibility index (Phi) is 4.22. The molecule has 0 bridgehead atoms. The Hall–Kier alpha value is -3.05. The first-order valence-corrected chi connectivity index (χ1v) is 8.70. The summed E-state index contributed by atoms with van der Waals surface area (Å²) in [5.41, 5.74) is 7.22. The summed E-state index contributed by atoms with van der Waals surface area (Å²) in [6.45, 7) is 6.53. The summed E-state index contributed by atoms with van der Waals surface area (Å²) in [4.78, 5) is 13.7. The fourth-order valence-corrected chi connectivity index (χ4v) is 3.77. The molecule has 0 fully saturated rings. The standard InChI is InChI=1S/C21H21N3O2/c1-2-23-12-11-20-18(14-23)17-5-3-4-6-19(17)24(20)13-15-7-9-16(10-8-15)21(25)22-26/h2-10,26H,1,11-14H2,(H,22,25). The van der Waals surface area contributed by atoms with Crippen molar-refractivity contribution in [3.63, 3.8) is 0 Å². The number of carbonyl (C=O) groups is 1. The summed E-state index contributed by atoms with van der Waals surface area (Å²) in [6.07, 6.45) is 2.90. The first-order chi connectivity index (χ1) is 12.7. The van der Waals surface area contributed by atoms with Crippen LogP contribution in [0.2, 0.25) is 0 Å². The average molecular weight is 347 g/mol. The van der Waals surface area contributed by atoms with Gasteiger partial charge in [0, 0.05) is 53.8 Å². The number of benzene rings is 2. The average Bonchev–Trinajstić information content (AvgIpc) is 3.01. The Morgan fingerprint density at radius 2 is 1.96 bits per heavy atom. The molecule has 1 aromatic heterocycles. The smallest absolute Gasteiger partial charge is 0.274 e. The lowest BCUT2D eigenvalue weighted by Crippen LogP contribution is -2.26.